The van der Waals surface area contributed by atoms with Gasteiger partial charge in [-0.25, -0.2) is 4.79 Å². The smallest absolute Gasteiger partial charge is 0.430 e. The Morgan fingerprint density at radius 2 is 1.42 bits per heavy atom. The summed E-state index contributed by atoms with van der Waals surface area (Å²) in [5, 5.41) is 0. The van der Waals surface area contributed by atoms with Crippen LogP contribution < -0.4 is 0 Å². The largest absolute Gasteiger partial charge is 0.516 e. The fourth-order valence-electron chi connectivity index (χ4n) is 2.52. The van der Waals surface area contributed by atoms with E-state index < -0.39 is 12.1 Å². The number of carbonyl (C=O) groups excluding carboxylic acids is 2. The van der Waals surface area contributed by atoms with E-state index in [1.54, 1.807) is 0 Å². The lowest BCUT2D eigenvalue weighted by molar-refractivity contribution is -0.139. The van der Waals surface area contributed by atoms with Gasteiger partial charge in [-0.15, -0.1) is 0 Å². The fraction of sp³-hybridized carbons (Fsp3) is 0.727. The zero-order valence-electron chi connectivity index (χ0n) is 17.3. The molecule has 0 heterocycles. The zero-order chi connectivity index (χ0) is 19.6. The Labute approximate surface area is 160 Å². The molecule has 0 spiro atoms. The first kappa shape index (κ1) is 24.4. The van der Waals surface area contributed by atoms with Gasteiger partial charge in [-0.3, -0.25) is 4.79 Å². The van der Waals surface area contributed by atoms with E-state index in [2.05, 4.69) is 31.6 Å². The number of rotatable bonds is 14. The number of hydrogen-bond acceptors (Lipinski definition) is 4. The number of ether oxygens (including phenoxy) is 2. The summed E-state index contributed by atoms with van der Waals surface area (Å²) in [5.41, 5.74) is 2.45. The average molecular weight is 367 g/mol. The minimum absolute atomic E-state index is 0.143. The van der Waals surface area contributed by atoms with Crippen molar-refractivity contribution >= 4 is 12.1 Å². The van der Waals surface area contributed by atoms with Gasteiger partial charge in [-0.1, -0.05) is 69.1 Å². The fourth-order valence-corrected chi connectivity index (χ4v) is 2.52. The van der Waals surface area contributed by atoms with Crippen molar-refractivity contribution in [3.63, 3.8) is 0 Å². The van der Waals surface area contributed by atoms with Crippen LogP contribution in [0.3, 0.4) is 0 Å². The standard InChI is InChI=1S/C22H38O4/c1-5-6-7-8-9-10-11-12-16-21(23)26-22(24)25-18-17-20(4)15-13-14-19(2)3/h14,17H,5-13,15-16,18H2,1-4H3/b20-17+. The molecule has 0 saturated heterocycles. The van der Waals surface area contributed by atoms with Gasteiger partial charge in [0.05, 0.1) is 0 Å². The molecule has 0 unspecified atom stereocenters. The van der Waals surface area contributed by atoms with E-state index >= 15 is 0 Å². The summed E-state index contributed by atoms with van der Waals surface area (Å²) in [6, 6.07) is 0. The number of hydrogen-bond donors (Lipinski definition) is 0. The van der Waals surface area contributed by atoms with Crippen molar-refractivity contribution in [1.29, 1.82) is 0 Å². The van der Waals surface area contributed by atoms with Crippen molar-refractivity contribution in [2.75, 3.05) is 6.61 Å². The van der Waals surface area contributed by atoms with Crippen LogP contribution in [0, 0.1) is 0 Å². The quantitative estimate of drug-likeness (QED) is 0.145. The second-order valence-electron chi connectivity index (χ2n) is 7.13. The highest BCUT2D eigenvalue weighted by molar-refractivity contribution is 5.81. The molecule has 0 atom stereocenters. The first-order valence-corrected chi connectivity index (χ1v) is 10.1. The average Bonchev–Trinajstić information content (AvgIpc) is 2.56. The molecule has 0 N–H and O–H groups in total. The summed E-state index contributed by atoms with van der Waals surface area (Å²) in [4.78, 5) is 23.1. The molecule has 4 heteroatoms. The van der Waals surface area contributed by atoms with Crippen molar-refractivity contribution in [1.82, 2.24) is 0 Å². The summed E-state index contributed by atoms with van der Waals surface area (Å²) in [5.74, 6) is -0.495. The number of unbranched alkanes of at least 4 members (excludes halogenated alkanes) is 7. The second-order valence-corrected chi connectivity index (χ2v) is 7.13. The van der Waals surface area contributed by atoms with Crippen LogP contribution in [0.25, 0.3) is 0 Å². The van der Waals surface area contributed by atoms with Crippen LogP contribution in [0.1, 0.15) is 98.3 Å². The van der Waals surface area contributed by atoms with E-state index in [1.165, 1.54) is 37.7 Å². The molecule has 4 nitrogen and oxygen atoms in total. The van der Waals surface area contributed by atoms with Gasteiger partial charge >= 0.3 is 12.1 Å². The minimum Gasteiger partial charge on any atom is -0.430 e. The number of esters is 1. The molecule has 0 bridgehead atoms. The van der Waals surface area contributed by atoms with E-state index in [0.29, 0.717) is 0 Å². The van der Waals surface area contributed by atoms with Crippen LogP contribution in [0.5, 0.6) is 0 Å². The Hall–Kier alpha value is -1.58. The molecule has 0 aliphatic carbocycles. The molecule has 26 heavy (non-hydrogen) atoms. The minimum atomic E-state index is -0.900. The summed E-state index contributed by atoms with van der Waals surface area (Å²) in [7, 11) is 0. The van der Waals surface area contributed by atoms with Crippen molar-refractivity contribution in [2.45, 2.75) is 98.3 Å². The molecule has 0 saturated carbocycles. The lowest BCUT2D eigenvalue weighted by Gasteiger charge is -2.04. The molecular weight excluding hydrogens is 328 g/mol. The third kappa shape index (κ3) is 17.2. The molecule has 0 aromatic heterocycles. The summed E-state index contributed by atoms with van der Waals surface area (Å²) in [6.07, 6.45) is 14.6. The molecule has 0 aromatic carbocycles. The van der Waals surface area contributed by atoms with Gasteiger partial charge in [-0.2, -0.15) is 0 Å². The third-order valence-corrected chi connectivity index (χ3v) is 4.16. The first-order valence-electron chi connectivity index (χ1n) is 10.1. The summed E-state index contributed by atoms with van der Waals surface area (Å²) in [6.45, 7) is 8.50. The SMILES string of the molecule is CCCCCCCCCCC(=O)OC(=O)OC/C=C(\C)CCC=C(C)C. The highest BCUT2D eigenvalue weighted by atomic mass is 16.7. The monoisotopic (exact) mass is 366 g/mol. The van der Waals surface area contributed by atoms with Gasteiger partial charge in [0, 0.05) is 6.42 Å². The first-order chi connectivity index (χ1) is 12.5. The molecule has 0 rings (SSSR count). The van der Waals surface area contributed by atoms with Crippen LogP contribution in [-0.2, 0) is 14.3 Å². The van der Waals surface area contributed by atoms with E-state index in [9.17, 15) is 9.59 Å². The Balaban J connectivity index is 3.67. The molecule has 0 aliphatic heterocycles. The molecular formula is C22H38O4. The maximum atomic E-state index is 11.6. The van der Waals surface area contributed by atoms with E-state index in [0.717, 1.165) is 37.7 Å². The van der Waals surface area contributed by atoms with E-state index in [1.807, 2.05) is 13.0 Å². The van der Waals surface area contributed by atoms with Crippen LogP contribution in [-0.4, -0.2) is 18.7 Å². The zero-order valence-corrected chi connectivity index (χ0v) is 17.3. The Morgan fingerprint density at radius 3 is 2.04 bits per heavy atom. The highest BCUT2D eigenvalue weighted by Crippen LogP contribution is 2.10. The molecule has 0 fully saturated rings. The van der Waals surface area contributed by atoms with Gasteiger partial charge in [0.25, 0.3) is 0 Å². The topological polar surface area (TPSA) is 52.6 Å². The molecule has 0 aliphatic rings. The van der Waals surface area contributed by atoms with Crippen LogP contribution in [0.4, 0.5) is 4.79 Å². The second kappa shape index (κ2) is 16.9. The number of allylic oxidation sites excluding steroid dienone is 3. The predicted octanol–water partition coefficient (Wildman–Crippen LogP) is 6.89. The lowest BCUT2D eigenvalue weighted by Crippen LogP contribution is -2.13. The van der Waals surface area contributed by atoms with Crippen LogP contribution in [0.2, 0.25) is 0 Å². The van der Waals surface area contributed by atoms with Gasteiger partial charge in [-0.05, 0) is 46.1 Å². The molecule has 0 radical (unpaired) electrons. The number of carbonyl (C=O) groups is 2. The maximum absolute atomic E-state index is 11.6. The van der Waals surface area contributed by atoms with Crippen molar-refractivity contribution in [2.24, 2.45) is 0 Å². The van der Waals surface area contributed by atoms with Crippen LogP contribution in [0.15, 0.2) is 23.3 Å². The Bertz CT molecular complexity index is 445. The van der Waals surface area contributed by atoms with Crippen molar-refractivity contribution in [3.05, 3.63) is 23.3 Å². The summed E-state index contributed by atoms with van der Waals surface area (Å²) < 4.78 is 9.58. The molecule has 150 valence electrons. The van der Waals surface area contributed by atoms with Gasteiger partial charge < -0.3 is 9.47 Å². The van der Waals surface area contributed by atoms with E-state index in [-0.39, 0.29) is 13.0 Å². The Morgan fingerprint density at radius 1 is 0.808 bits per heavy atom. The summed E-state index contributed by atoms with van der Waals surface area (Å²) >= 11 is 0. The van der Waals surface area contributed by atoms with E-state index in [4.69, 9.17) is 4.74 Å². The highest BCUT2D eigenvalue weighted by Gasteiger charge is 2.10. The Kier molecular flexibility index (Phi) is 15.8. The van der Waals surface area contributed by atoms with Crippen LogP contribution >= 0.6 is 0 Å². The third-order valence-electron chi connectivity index (χ3n) is 4.16. The van der Waals surface area contributed by atoms with Crippen molar-refractivity contribution < 1.29 is 19.1 Å². The van der Waals surface area contributed by atoms with Gasteiger partial charge in [0.15, 0.2) is 0 Å². The normalized spacial score (nSPS) is 11.2. The maximum Gasteiger partial charge on any atom is 0.516 e. The predicted molar refractivity (Wildman–Crippen MR) is 107 cm³/mol. The molecule has 0 amide bonds. The molecule has 0 aromatic rings. The van der Waals surface area contributed by atoms with Crippen molar-refractivity contribution in [3.8, 4) is 0 Å². The lowest BCUT2D eigenvalue weighted by atomic mass is 10.1. The van der Waals surface area contributed by atoms with Gasteiger partial charge in [0.2, 0.25) is 0 Å². The van der Waals surface area contributed by atoms with Gasteiger partial charge in [0.1, 0.15) is 6.61 Å².